The van der Waals surface area contributed by atoms with Crippen molar-refractivity contribution in [2.75, 3.05) is 14.1 Å². The van der Waals surface area contributed by atoms with Crippen molar-refractivity contribution in [3.8, 4) is 0 Å². The number of hydrogen-bond acceptors (Lipinski definition) is 4. The first-order valence-electron chi connectivity index (χ1n) is 9.36. The molecule has 3 amide bonds. The second-order valence-electron chi connectivity index (χ2n) is 8.12. The topological polar surface area (TPSA) is 95.6 Å². The largest absolute Gasteiger partial charge is 0.357 e. The Morgan fingerprint density at radius 3 is 1.77 bits per heavy atom. The van der Waals surface area contributed by atoms with E-state index >= 15 is 0 Å². The minimum atomic E-state index is -0.600. The standard InChI is InChI=1S/C19H33N3O4/c1-19(2,3)12-13(23)8-6-7-9-16(24)22-14(17(25)20-4)10-11-15(22)18(26)21-5/h14-15H,6-12H2,1-5H3,(H,20,25)(H,21,26)/t14-,15?/m0/s1. The number of carbonyl (C=O) groups excluding carboxylic acids is 4. The summed E-state index contributed by atoms with van der Waals surface area (Å²) in [7, 11) is 3.05. The molecule has 0 spiro atoms. The van der Waals surface area contributed by atoms with Gasteiger partial charge in [0.15, 0.2) is 0 Å². The van der Waals surface area contributed by atoms with Crippen LogP contribution in [-0.4, -0.2) is 54.6 Å². The summed E-state index contributed by atoms with van der Waals surface area (Å²) < 4.78 is 0. The van der Waals surface area contributed by atoms with Crippen LogP contribution in [0.15, 0.2) is 0 Å². The zero-order chi connectivity index (χ0) is 19.9. The van der Waals surface area contributed by atoms with Crippen molar-refractivity contribution in [1.29, 1.82) is 0 Å². The van der Waals surface area contributed by atoms with Gasteiger partial charge < -0.3 is 15.5 Å². The van der Waals surface area contributed by atoms with E-state index in [2.05, 4.69) is 10.6 Å². The molecule has 1 saturated heterocycles. The first-order valence-corrected chi connectivity index (χ1v) is 9.36. The first-order chi connectivity index (χ1) is 12.1. The average molecular weight is 367 g/mol. The lowest BCUT2D eigenvalue weighted by Gasteiger charge is -2.28. The molecule has 1 fully saturated rings. The highest BCUT2D eigenvalue weighted by Gasteiger charge is 2.43. The van der Waals surface area contributed by atoms with E-state index in [9.17, 15) is 19.2 Å². The fourth-order valence-electron chi connectivity index (χ4n) is 3.41. The molecule has 1 unspecified atom stereocenters. The molecule has 0 aromatic heterocycles. The maximum absolute atomic E-state index is 12.7. The van der Waals surface area contributed by atoms with Crippen molar-refractivity contribution >= 4 is 23.5 Å². The summed E-state index contributed by atoms with van der Waals surface area (Å²) in [6, 6.07) is -1.20. The van der Waals surface area contributed by atoms with Gasteiger partial charge in [-0.25, -0.2) is 0 Å². The second kappa shape index (κ2) is 9.69. The lowest BCUT2D eigenvalue weighted by Crippen LogP contribution is -2.52. The predicted molar refractivity (Wildman–Crippen MR) is 99.3 cm³/mol. The molecule has 148 valence electrons. The molecule has 2 atom stereocenters. The second-order valence-corrected chi connectivity index (χ2v) is 8.12. The fraction of sp³-hybridized carbons (Fsp3) is 0.789. The Morgan fingerprint density at radius 2 is 1.35 bits per heavy atom. The van der Waals surface area contributed by atoms with Crippen molar-refractivity contribution in [3.05, 3.63) is 0 Å². The van der Waals surface area contributed by atoms with Crippen LogP contribution in [0.4, 0.5) is 0 Å². The van der Waals surface area contributed by atoms with Gasteiger partial charge in [0.1, 0.15) is 17.9 Å². The van der Waals surface area contributed by atoms with E-state index in [1.165, 1.54) is 19.0 Å². The van der Waals surface area contributed by atoms with Gasteiger partial charge in [-0.05, 0) is 31.1 Å². The van der Waals surface area contributed by atoms with Crippen molar-refractivity contribution in [2.45, 2.75) is 77.8 Å². The van der Waals surface area contributed by atoms with Gasteiger partial charge >= 0.3 is 0 Å². The molecule has 7 nitrogen and oxygen atoms in total. The molecule has 0 aliphatic carbocycles. The number of rotatable bonds is 8. The predicted octanol–water partition coefficient (Wildman–Crippen LogP) is 1.40. The molecule has 2 N–H and O–H groups in total. The highest BCUT2D eigenvalue weighted by Crippen LogP contribution is 2.26. The van der Waals surface area contributed by atoms with Gasteiger partial charge in [-0.15, -0.1) is 0 Å². The quantitative estimate of drug-likeness (QED) is 0.634. The monoisotopic (exact) mass is 367 g/mol. The van der Waals surface area contributed by atoms with Gasteiger partial charge in [0.25, 0.3) is 0 Å². The maximum Gasteiger partial charge on any atom is 0.242 e. The number of ketones is 1. The van der Waals surface area contributed by atoms with Crippen molar-refractivity contribution in [3.63, 3.8) is 0 Å². The lowest BCUT2D eigenvalue weighted by molar-refractivity contribution is -0.144. The molecule has 0 bridgehead atoms. The summed E-state index contributed by atoms with van der Waals surface area (Å²) in [5.41, 5.74) is -0.0239. The minimum Gasteiger partial charge on any atom is -0.357 e. The summed E-state index contributed by atoms with van der Waals surface area (Å²) >= 11 is 0. The number of unbranched alkanes of at least 4 members (excludes halogenated alkanes) is 1. The first kappa shape index (κ1) is 22.1. The molecule has 7 heteroatoms. The Bertz CT molecular complexity index is 515. The third kappa shape index (κ3) is 6.42. The van der Waals surface area contributed by atoms with E-state index in [-0.39, 0.29) is 35.3 Å². The molecular formula is C19H33N3O4. The molecule has 26 heavy (non-hydrogen) atoms. The van der Waals surface area contributed by atoms with Crippen LogP contribution in [0, 0.1) is 5.41 Å². The molecule has 0 saturated carbocycles. The van der Waals surface area contributed by atoms with Crippen LogP contribution in [0.5, 0.6) is 0 Å². The van der Waals surface area contributed by atoms with E-state index in [1.54, 1.807) is 0 Å². The number of likely N-dealkylation sites (tertiary alicyclic amines) is 1. The molecule has 0 radical (unpaired) electrons. The Kier molecular flexibility index (Phi) is 8.24. The van der Waals surface area contributed by atoms with Gasteiger partial charge in [-0.3, -0.25) is 19.2 Å². The summed E-state index contributed by atoms with van der Waals surface area (Å²) in [4.78, 5) is 50.1. The SMILES string of the molecule is CNC(=O)C1CC[C@@H](C(=O)NC)N1C(=O)CCCCC(=O)CC(C)(C)C. The van der Waals surface area contributed by atoms with Crippen LogP contribution >= 0.6 is 0 Å². The molecule has 1 rings (SSSR count). The summed E-state index contributed by atoms with van der Waals surface area (Å²) in [5.74, 6) is -0.485. The molecule has 1 aliphatic rings. The highest BCUT2D eigenvalue weighted by atomic mass is 16.2. The third-order valence-electron chi connectivity index (χ3n) is 4.59. The van der Waals surface area contributed by atoms with Crippen LogP contribution in [0.25, 0.3) is 0 Å². The Balaban J connectivity index is 2.59. The number of hydrogen-bond donors (Lipinski definition) is 2. The van der Waals surface area contributed by atoms with Gasteiger partial charge in [-0.2, -0.15) is 0 Å². The zero-order valence-corrected chi connectivity index (χ0v) is 16.7. The van der Waals surface area contributed by atoms with Crippen LogP contribution in [-0.2, 0) is 19.2 Å². The maximum atomic E-state index is 12.7. The summed E-state index contributed by atoms with van der Waals surface area (Å²) in [6.07, 6.45) is 3.41. The van der Waals surface area contributed by atoms with Crippen LogP contribution < -0.4 is 10.6 Å². The smallest absolute Gasteiger partial charge is 0.242 e. The molecule has 0 aromatic rings. The van der Waals surface area contributed by atoms with Crippen molar-refractivity contribution in [2.24, 2.45) is 5.41 Å². The zero-order valence-electron chi connectivity index (χ0n) is 16.7. The van der Waals surface area contributed by atoms with E-state index in [1.807, 2.05) is 20.8 Å². The van der Waals surface area contributed by atoms with Gasteiger partial charge in [-0.1, -0.05) is 20.8 Å². The molecule has 0 aromatic carbocycles. The fourth-order valence-corrected chi connectivity index (χ4v) is 3.41. The van der Waals surface area contributed by atoms with Crippen LogP contribution in [0.2, 0.25) is 0 Å². The number of likely N-dealkylation sites (N-methyl/N-ethyl adjacent to an activating group) is 2. The van der Waals surface area contributed by atoms with Gasteiger partial charge in [0, 0.05) is 33.4 Å². The lowest BCUT2D eigenvalue weighted by atomic mass is 9.88. The van der Waals surface area contributed by atoms with Gasteiger partial charge in [0.05, 0.1) is 0 Å². The van der Waals surface area contributed by atoms with E-state index in [0.717, 1.165) is 0 Å². The third-order valence-corrected chi connectivity index (χ3v) is 4.59. The number of carbonyl (C=O) groups is 4. The summed E-state index contributed by atoms with van der Waals surface area (Å²) in [5, 5.41) is 5.13. The Labute approximate surface area is 156 Å². The number of nitrogens with one attached hydrogen (secondary N) is 2. The highest BCUT2D eigenvalue weighted by molar-refractivity contribution is 5.93. The normalized spacial score (nSPS) is 20.0. The van der Waals surface area contributed by atoms with Crippen LogP contribution in [0.3, 0.4) is 0 Å². The van der Waals surface area contributed by atoms with E-state index in [4.69, 9.17) is 0 Å². The minimum absolute atomic E-state index is 0.0239. The van der Waals surface area contributed by atoms with Crippen molar-refractivity contribution in [1.82, 2.24) is 15.5 Å². The molecule has 1 aliphatic heterocycles. The van der Waals surface area contributed by atoms with E-state index in [0.29, 0.717) is 38.5 Å². The van der Waals surface area contributed by atoms with Gasteiger partial charge in [0.2, 0.25) is 17.7 Å². The number of nitrogens with zero attached hydrogens (tertiary/aromatic N) is 1. The van der Waals surface area contributed by atoms with Crippen LogP contribution in [0.1, 0.15) is 65.7 Å². The molecular weight excluding hydrogens is 334 g/mol. The molecule has 1 heterocycles. The van der Waals surface area contributed by atoms with E-state index < -0.39 is 12.1 Å². The number of Topliss-reactive ketones (excluding diaryl/α,β-unsaturated/α-hetero) is 1. The average Bonchev–Trinajstić information content (AvgIpc) is 3.00. The number of amides is 3. The summed E-state index contributed by atoms with van der Waals surface area (Å²) in [6.45, 7) is 6.08. The Morgan fingerprint density at radius 1 is 0.885 bits per heavy atom. The van der Waals surface area contributed by atoms with Crippen molar-refractivity contribution < 1.29 is 19.2 Å². The Hall–Kier alpha value is -1.92.